The van der Waals surface area contributed by atoms with Crippen LogP contribution in [0.15, 0.2) is 54.7 Å². The average Bonchev–Trinajstić information content (AvgIpc) is 3.38. The zero-order chi connectivity index (χ0) is 16.1. The molecule has 116 valence electrons. The molecule has 1 saturated carbocycles. The van der Waals surface area contributed by atoms with Crippen molar-refractivity contribution in [3.63, 3.8) is 0 Å². The van der Waals surface area contributed by atoms with E-state index in [2.05, 4.69) is 15.6 Å². The van der Waals surface area contributed by atoms with Gasteiger partial charge in [0.05, 0.1) is 5.69 Å². The number of nitrogens with zero attached hydrogens (tertiary/aromatic N) is 1. The van der Waals surface area contributed by atoms with E-state index in [0.29, 0.717) is 17.3 Å². The number of aromatic nitrogens is 1. The minimum absolute atomic E-state index is 0.0691. The predicted molar refractivity (Wildman–Crippen MR) is 88.8 cm³/mol. The number of anilines is 1. The molecule has 2 amide bonds. The zero-order valence-corrected chi connectivity index (χ0v) is 12.5. The summed E-state index contributed by atoms with van der Waals surface area (Å²) in [6.45, 7) is 0. The highest BCUT2D eigenvalue weighted by Crippen LogP contribution is 2.19. The van der Waals surface area contributed by atoms with Crippen LogP contribution in [-0.2, 0) is 4.79 Å². The lowest BCUT2D eigenvalue weighted by atomic mass is 10.2. The number of benzene rings is 1. The minimum Gasteiger partial charge on any atom is -0.349 e. The van der Waals surface area contributed by atoms with Crippen LogP contribution in [0, 0.1) is 0 Å². The smallest absolute Gasteiger partial charge is 0.251 e. The van der Waals surface area contributed by atoms with Crippen molar-refractivity contribution in [2.24, 2.45) is 0 Å². The summed E-state index contributed by atoms with van der Waals surface area (Å²) in [5.41, 5.74) is 1.96. The van der Waals surface area contributed by atoms with Crippen molar-refractivity contribution in [1.82, 2.24) is 10.3 Å². The Morgan fingerprint density at radius 2 is 1.87 bits per heavy atom. The van der Waals surface area contributed by atoms with E-state index in [1.807, 2.05) is 18.2 Å². The highest BCUT2D eigenvalue weighted by Gasteiger charge is 2.23. The maximum absolute atomic E-state index is 11.9. The molecule has 1 aliphatic rings. The quantitative estimate of drug-likeness (QED) is 0.834. The van der Waals surface area contributed by atoms with Crippen molar-refractivity contribution in [3.05, 3.63) is 66.0 Å². The van der Waals surface area contributed by atoms with Crippen LogP contribution in [0.1, 0.15) is 28.9 Å². The molecule has 0 unspecified atom stereocenters. The van der Waals surface area contributed by atoms with Gasteiger partial charge in [-0.1, -0.05) is 6.07 Å². The summed E-state index contributed by atoms with van der Waals surface area (Å²) in [6.07, 6.45) is 6.86. The number of carbonyl (C=O) groups excluding carboxylic acids is 2. The van der Waals surface area contributed by atoms with Crippen LogP contribution in [-0.4, -0.2) is 22.8 Å². The molecule has 2 aromatic rings. The number of carbonyl (C=O) groups is 2. The lowest BCUT2D eigenvalue weighted by Crippen LogP contribution is -2.25. The zero-order valence-electron chi connectivity index (χ0n) is 12.5. The van der Waals surface area contributed by atoms with Crippen molar-refractivity contribution < 1.29 is 9.59 Å². The first-order chi connectivity index (χ1) is 11.2. The molecule has 1 heterocycles. The topological polar surface area (TPSA) is 71.1 Å². The summed E-state index contributed by atoms with van der Waals surface area (Å²) >= 11 is 0. The van der Waals surface area contributed by atoms with Crippen molar-refractivity contribution in [1.29, 1.82) is 0 Å². The van der Waals surface area contributed by atoms with Gasteiger partial charge in [-0.15, -0.1) is 0 Å². The Morgan fingerprint density at radius 1 is 1.09 bits per heavy atom. The van der Waals surface area contributed by atoms with Gasteiger partial charge in [0.15, 0.2) is 0 Å². The third-order valence-corrected chi connectivity index (χ3v) is 3.42. The fourth-order valence-corrected chi connectivity index (χ4v) is 2.02. The molecule has 23 heavy (non-hydrogen) atoms. The van der Waals surface area contributed by atoms with Crippen LogP contribution in [0.25, 0.3) is 6.08 Å². The molecule has 0 saturated heterocycles. The van der Waals surface area contributed by atoms with Crippen LogP contribution in [0.3, 0.4) is 0 Å². The molecular formula is C18H17N3O2. The number of pyridine rings is 1. The summed E-state index contributed by atoms with van der Waals surface area (Å²) in [7, 11) is 0. The molecule has 5 nitrogen and oxygen atoms in total. The van der Waals surface area contributed by atoms with Crippen molar-refractivity contribution in [2.75, 3.05) is 5.32 Å². The molecule has 2 N–H and O–H groups in total. The van der Waals surface area contributed by atoms with Gasteiger partial charge in [0.2, 0.25) is 5.91 Å². The lowest BCUT2D eigenvalue weighted by molar-refractivity contribution is -0.111. The fourth-order valence-electron chi connectivity index (χ4n) is 2.02. The van der Waals surface area contributed by atoms with Crippen molar-refractivity contribution >= 4 is 23.6 Å². The number of hydrogen-bond donors (Lipinski definition) is 2. The Kier molecular flexibility index (Phi) is 4.47. The van der Waals surface area contributed by atoms with Crippen LogP contribution >= 0.6 is 0 Å². The third-order valence-electron chi connectivity index (χ3n) is 3.42. The van der Waals surface area contributed by atoms with Gasteiger partial charge in [-0.25, -0.2) is 0 Å². The predicted octanol–water partition coefficient (Wildman–Crippen LogP) is 2.63. The van der Waals surface area contributed by atoms with Crippen LogP contribution in [0.2, 0.25) is 0 Å². The molecule has 0 bridgehead atoms. The monoisotopic (exact) mass is 307 g/mol. The molecule has 1 aliphatic carbocycles. The Labute approximate surface area is 134 Å². The van der Waals surface area contributed by atoms with E-state index in [1.54, 1.807) is 36.5 Å². The van der Waals surface area contributed by atoms with Crippen molar-refractivity contribution in [2.45, 2.75) is 18.9 Å². The molecule has 1 fully saturated rings. The summed E-state index contributed by atoms with van der Waals surface area (Å²) in [5, 5.41) is 5.67. The first-order valence-electron chi connectivity index (χ1n) is 7.52. The summed E-state index contributed by atoms with van der Waals surface area (Å²) in [6, 6.07) is 12.7. The SMILES string of the molecule is O=C(/C=C/c1ccccn1)Nc1ccc(C(=O)NC2CC2)cc1. The lowest BCUT2D eigenvalue weighted by Gasteiger charge is -2.05. The van der Waals surface area contributed by atoms with Crippen LogP contribution in [0.4, 0.5) is 5.69 Å². The molecule has 3 rings (SSSR count). The van der Waals surface area contributed by atoms with Gasteiger partial charge >= 0.3 is 0 Å². The Bertz CT molecular complexity index is 720. The highest BCUT2D eigenvalue weighted by molar-refractivity contribution is 6.02. The van der Waals surface area contributed by atoms with E-state index in [1.165, 1.54) is 6.08 Å². The standard InChI is InChI=1S/C18H17N3O2/c22-17(11-10-14-3-1-2-12-19-14)20-15-6-4-13(5-7-15)18(23)21-16-8-9-16/h1-7,10-12,16H,8-9H2,(H,20,22)(H,21,23)/b11-10+. The van der Waals surface area contributed by atoms with E-state index < -0.39 is 0 Å². The summed E-state index contributed by atoms with van der Waals surface area (Å²) in [5.74, 6) is -0.314. The van der Waals surface area contributed by atoms with Gasteiger partial charge in [0.1, 0.15) is 0 Å². The minimum atomic E-state index is -0.245. The van der Waals surface area contributed by atoms with Crippen molar-refractivity contribution in [3.8, 4) is 0 Å². The Balaban J connectivity index is 1.56. The second-order valence-corrected chi connectivity index (χ2v) is 5.40. The van der Waals surface area contributed by atoms with Gasteiger partial charge in [-0.2, -0.15) is 0 Å². The van der Waals surface area contributed by atoms with Gasteiger partial charge < -0.3 is 10.6 Å². The van der Waals surface area contributed by atoms with Gasteiger partial charge in [-0.05, 0) is 55.3 Å². The normalized spacial score (nSPS) is 13.7. The number of amides is 2. The molecule has 0 spiro atoms. The van der Waals surface area contributed by atoms with E-state index in [9.17, 15) is 9.59 Å². The first-order valence-corrected chi connectivity index (χ1v) is 7.52. The Morgan fingerprint density at radius 3 is 2.52 bits per heavy atom. The van der Waals surface area contributed by atoms with Gasteiger partial charge in [-0.3, -0.25) is 14.6 Å². The third kappa shape index (κ3) is 4.51. The van der Waals surface area contributed by atoms with Crippen LogP contribution < -0.4 is 10.6 Å². The fraction of sp³-hybridized carbons (Fsp3) is 0.167. The van der Waals surface area contributed by atoms with E-state index in [-0.39, 0.29) is 11.8 Å². The number of nitrogens with one attached hydrogen (secondary N) is 2. The maximum atomic E-state index is 11.9. The van der Waals surface area contributed by atoms with E-state index >= 15 is 0 Å². The molecule has 0 atom stereocenters. The van der Waals surface area contributed by atoms with Gasteiger partial charge in [0, 0.05) is 29.6 Å². The maximum Gasteiger partial charge on any atom is 0.251 e. The number of hydrogen-bond acceptors (Lipinski definition) is 3. The molecule has 1 aromatic carbocycles. The first kappa shape index (κ1) is 15.0. The highest BCUT2D eigenvalue weighted by atomic mass is 16.2. The molecule has 0 radical (unpaired) electrons. The molecule has 5 heteroatoms. The second-order valence-electron chi connectivity index (χ2n) is 5.40. The second kappa shape index (κ2) is 6.87. The van der Waals surface area contributed by atoms with Gasteiger partial charge in [0.25, 0.3) is 5.91 Å². The van der Waals surface area contributed by atoms with Crippen LogP contribution in [0.5, 0.6) is 0 Å². The summed E-state index contributed by atoms with van der Waals surface area (Å²) < 4.78 is 0. The average molecular weight is 307 g/mol. The molecule has 1 aromatic heterocycles. The summed E-state index contributed by atoms with van der Waals surface area (Å²) in [4.78, 5) is 27.8. The Hall–Kier alpha value is -2.95. The largest absolute Gasteiger partial charge is 0.349 e. The van der Waals surface area contributed by atoms with E-state index in [4.69, 9.17) is 0 Å². The molecular weight excluding hydrogens is 290 g/mol. The van der Waals surface area contributed by atoms with E-state index in [0.717, 1.165) is 18.5 Å². The molecule has 0 aliphatic heterocycles. The number of rotatable bonds is 5.